The quantitative estimate of drug-likeness (QED) is 0.760. The lowest BCUT2D eigenvalue weighted by molar-refractivity contribution is -0.118. The van der Waals surface area contributed by atoms with E-state index in [9.17, 15) is 4.79 Å². The molecule has 1 aromatic carbocycles. The number of benzene rings is 1. The second-order valence-electron chi connectivity index (χ2n) is 6.29. The van der Waals surface area contributed by atoms with Crippen molar-refractivity contribution in [1.29, 1.82) is 0 Å². The van der Waals surface area contributed by atoms with Crippen LogP contribution in [-0.4, -0.2) is 27.5 Å². The first-order valence-corrected chi connectivity index (χ1v) is 9.10. The topological polar surface area (TPSA) is 78.3 Å². The van der Waals surface area contributed by atoms with Gasteiger partial charge in [-0.25, -0.2) is 4.98 Å². The van der Waals surface area contributed by atoms with Crippen molar-refractivity contribution >= 4 is 23.1 Å². The summed E-state index contributed by atoms with van der Waals surface area (Å²) < 4.78 is 12.4. The van der Waals surface area contributed by atoms with Crippen molar-refractivity contribution in [2.45, 2.75) is 13.8 Å². The zero-order valence-electron chi connectivity index (χ0n) is 14.6. The number of carbonyl (C=O) groups excluding carboxylic acids is 1. The maximum Gasteiger partial charge on any atom is 0.231 e. The molecule has 0 radical (unpaired) electrons. The maximum atomic E-state index is 11.9. The molecule has 1 aliphatic rings. The number of aryl methyl sites for hydroxylation is 1. The molecule has 3 heterocycles. The van der Waals surface area contributed by atoms with Gasteiger partial charge in [0.1, 0.15) is 16.5 Å². The SMILES string of the molecule is CC(C)C(=O)Nc1cc(-c2nc(-c3ccc4c(c3)OCO4)cs2)nn1C. The van der Waals surface area contributed by atoms with Gasteiger partial charge < -0.3 is 14.8 Å². The number of carbonyl (C=O) groups is 1. The highest BCUT2D eigenvalue weighted by atomic mass is 32.1. The molecule has 0 saturated carbocycles. The molecule has 7 nitrogen and oxygen atoms in total. The molecule has 1 N–H and O–H groups in total. The molecule has 0 bridgehead atoms. The molecule has 1 amide bonds. The normalized spacial score (nSPS) is 12.6. The maximum absolute atomic E-state index is 11.9. The van der Waals surface area contributed by atoms with Gasteiger partial charge in [-0.1, -0.05) is 13.8 Å². The van der Waals surface area contributed by atoms with Crippen LogP contribution in [0.5, 0.6) is 11.5 Å². The lowest BCUT2D eigenvalue weighted by atomic mass is 10.1. The van der Waals surface area contributed by atoms with E-state index in [2.05, 4.69) is 15.4 Å². The number of anilines is 1. The van der Waals surface area contributed by atoms with Crippen molar-refractivity contribution in [3.05, 3.63) is 29.6 Å². The minimum atomic E-state index is -0.0918. The molecule has 1 aliphatic heterocycles. The lowest BCUT2D eigenvalue weighted by Gasteiger charge is -2.06. The van der Waals surface area contributed by atoms with Crippen molar-refractivity contribution in [1.82, 2.24) is 14.8 Å². The second kappa shape index (κ2) is 6.45. The third kappa shape index (κ3) is 3.03. The number of nitrogens with one attached hydrogen (secondary N) is 1. The molecule has 3 aromatic rings. The summed E-state index contributed by atoms with van der Waals surface area (Å²) in [5.74, 6) is 2.00. The molecule has 0 spiro atoms. The zero-order chi connectivity index (χ0) is 18.3. The number of thiazole rings is 1. The Bertz CT molecular complexity index is 977. The standard InChI is InChI=1S/C18H18N4O3S/c1-10(2)17(23)20-16-7-12(21-22(16)3)18-19-13(8-26-18)11-4-5-14-15(6-11)25-9-24-14/h4-8,10H,9H2,1-3H3,(H,20,23). The van der Waals surface area contributed by atoms with Crippen LogP contribution in [0, 0.1) is 5.92 Å². The molecule has 4 rings (SSSR count). The predicted molar refractivity (Wildman–Crippen MR) is 99.3 cm³/mol. The molecular formula is C18H18N4O3S. The van der Waals surface area contributed by atoms with E-state index >= 15 is 0 Å². The van der Waals surface area contributed by atoms with Crippen molar-refractivity contribution in [2.24, 2.45) is 13.0 Å². The van der Waals surface area contributed by atoms with Crippen LogP contribution in [0.3, 0.4) is 0 Å². The average molecular weight is 370 g/mol. The van der Waals surface area contributed by atoms with Crippen LogP contribution in [0.4, 0.5) is 5.82 Å². The number of hydrogen-bond acceptors (Lipinski definition) is 6. The average Bonchev–Trinajstić information content (AvgIpc) is 3.33. The van der Waals surface area contributed by atoms with E-state index in [1.165, 1.54) is 11.3 Å². The van der Waals surface area contributed by atoms with Crippen molar-refractivity contribution in [3.8, 4) is 33.5 Å². The Morgan fingerprint density at radius 2 is 2.04 bits per heavy atom. The summed E-state index contributed by atoms with van der Waals surface area (Å²) >= 11 is 1.51. The zero-order valence-corrected chi connectivity index (χ0v) is 15.5. The fourth-order valence-electron chi connectivity index (χ4n) is 2.54. The summed E-state index contributed by atoms with van der Waals surface area (Å²) in [6, 6.07) is 7.60. The third-order valence-corrected chi connectivity index (χ3v) is 4.91. The predicted octanol–water partition coefficient (Wildman–Crippen LogP) is 3.53. The molecule has 0 atom stereocenters. The smallest absolute Gasteiger partial charge is 0.231 e. The van der Waals surface area contributed by atoms with E-state index in [1.807, 2.05) is 43.5 Å². The van der Waals surface area contributed by atoms with E-state index in [-0.39, 0.29) is 18.6 Å². The molecular weight excluding hydrogens is 352 g/mol. The Kier molecular flexibility index (Phi) is 4.12. The van der Waals surface area contributed by atoms with E-state index in [1.54, 1.807) is 11.7 Å². The molecule has 2 aromatic heterocycles. The largest absolute Gasteiger partial charge is 0.454 e. The molecule has 134 valence electrons. The van der Waals surface area contributed by atoms with Crippen LogP contribution in [0.25, 0.3) is 22.0 Å². The van der Waals surface area contributed by atoms with Gasteiger partial charge in [0, 0.05) is 30.0 Å². The van der Waals surface area contributed by atoms with Gasteiger partial charge in [-0.05, 0) is 18.2 Å². The molecule has 0 saturated heterocycles. The van der Waals surface area contributed by atoms with Gasteiger partial charge in [-0.15, -0.1) is 11.3 Å². The first-order chi connectivity index (χ1) is 12.5. The van der Waals surface area contributed by atoms with Crippen LogP contribution in [0.15, 0.2) is 29.6 Å². The Hall–Kier alpha value is -2.87. The van der Waals surface area contributed by atoms with Crippen LogP contribution in [0.2, 0.25) is 0 Å². The molecule has 26 heavy (non-hydrogen) atoms. The van der Waals surface area contributed by atoms with E-state index in [0.717, 1.165) is 33.5 Å². The summed E-state index contributed by atoms with van der Waals surface area (Å²) in [6.07, 6.45) is 0. The number of ether oxygens (including phenoxy) is 2. The second-order valence-corrected chi connectivity index (χ2v) is 7.15. The monoisotopic (exact) mass is 370 g/mol. The number of nitrogens with zero attached hydrogens (tertiary/aromatic N) is 3. The number of hydrogen-bond donors (Lipinski definition) is 1. The molecule has 0 aliphatic carbocycles. The van der Waals surface area contributed by atoms with Crippen LogP contribution in [-0.2, 0) is 11.8 Å². The van der Waals surface area contributed by atoms with Crippen molar-refractivity contribution in [2.75, 3.05) is 12.1 Å². The van der Waals surface area contributed by atoms with Gasteiger partial charge in [0.05, 0.1) is 5.69 Å². The first kappa shape index (κ1) is 16.6. The van der Waals surface area contributed by atoms with Crippen LogP contribution >= 0.6 is 11.3 Å². The number of aromatic nitrogens is 3. The molecule has 0 unspecified atom stereocenters. The van der Waals surface area contributed by atoms with Gasteiger partial charge in [0.2, 0.25) is 12.7 Å². The van der Waals surface area contributed by atoms with Crippen LogP contribution in [0.1, 0.15) is 13.8 Å². The number of amides is 1. The lowest BCUT2D eigenvalue weighted by Crippen LogP contribution is -2.19. The van der Waals surface area contributed by atoms with E-state index < -0.39 is 0 Å². The minimum absolute atomic E-state index is 0.0419. The number of fused-ring (bicyclic) bond motifs is 1. The Labute approximate surface area is 154 Å². The fourth-order valence-corrected chi connectivity index (χ4v) is 3.32. The highest BCUT2D eigenvalue weighted by molar-refractivity contribution is 7.13. The van der Waals surface area contributed by atoms with Gasteiger partial charge >= 0.3 is 0 Å². The summed E-state index contributed by atoms with van der Waals surface area (Å²) in [5.41, 5.74) is 2.53. The Balaban J connectivity index is 1.59. The van der Waals surface area contributed by atoms with E-state index in [4.69, 9.17) is 9.47 Å². The van der Waals surface area contributed by atoms with Gasteiger partial charge in [0.25, 0.3) is 0 Å². The summed E-state index contributed by atoms with van der Waals surface area (Å²) in [7, 11) is 1.80. The Morgan fingerprint density at radius 3 is 2.85 bits per heavy atom. The van der Waals surface area contributed by atoms with E-state index in [0.29, 0.717) is 5.82 Å². The van der Waals surface area contributed by atoms with Gasteiger partial charge in [-0.3, -0.25) is 9.48 Å². The van der Waals surface area contributed by atoms with Crippen molar-refractivity contribution in [3.63, 3.8) is 0 Å². The van der Waals surface area contributed by atoms with Crippen LogP contribution < -0.4 is 14.8 Å². The minimum Gasteiger partial charge on any atom is -0.454 e. The summed E-state index contributed by atoms with van der Waals surface area (Å²) in [5, 5.41) is 10.1. The molecule has 0 fully saturated rings. The summed E-state index contributed by atoms with van der Waals surface area (Å²) in [6.45, 7) is 3.95. The van der Waals surface area contributed by atoms with Gasteiger partial charge in [-0.2, -0.15) is 5.10 Å². The highest BCUT2D eigenvalue weighted by Crippen LogP contribution is 2.37. The van der Waals surface area contributed by atoms with Crippen molar-refractivity contribution < 1.29 is 14.3 Å². The Morgan fingerprint density at radius 1 is 1.23 bits per heavy atom. The highest BCUT2D eigenvalue weighted by Gasteiger charge is 2.17. The third-order valence-electron chi connectivity index (χ3n) is 4.05. The first-order valence-electron chi connectivity index (χ1n) is 8.22. The van der Waals surface area contributed by atoms with Gasteiger partial charge in [0.15, 0.2) is 11.5 Å². The number of rotatable bonds is 4. The summed E-state index contributed by atoms with van der Waals surface area (Å²) in [4.78, 5) is 16.6. The fraction of sp³-hybridized carbons (Fsp3) is 0.278. The molecule has 8 heteroatoms.